The second kappa shape index (κ2) is 24.3. The second-order valence-electron chi connectivity index (χ2n) is 0. The molecule has 1 nitrogen and oxygen atoms in total. The molecule has 30 valence electrons. The zero-order chi connectivity index (χ0) is 0. The molecule has 0 aromatic heterocycles. The minimum Gasteiger partial charge on any atom is -0.412 e. The van der Waals surface area contributed by atoms with E-state index in [4.69, 9.17) is 0 Å². The smallest absolute Gasteiger partial charge is 0 e. The van der Waals surface area contributed by atoms with Crippen LogP contribution in [0.1, 0.15) is 0 Å². The summed E-state index contributed by atoms with van der Waals surface area (Å²) in [6, 6.07) is 0. The van der Waals surface area contributed by atoms with Gasteiger partial charge in [0.05, 0.1) is 0 Å². The third-order valence-corrected chi connectivity index (χ3v) is 0. The van der Waals surface area contributed by atoms with Gasteiger partial charge < -0.3 is 5.48 Å². The Morgan fingerprint density at radius 1 is 0.750 bits per heavy atom. The summed E-state index contributed by atoms with van der Waals surface area (Å²) in [6.45, 7) is 0. The molecule has 0 unspecified atom stereocenters. The summed E-state index contributed by atoms with van der Waals surface area (Å²) >= 11 is 0. The molecule has 0 heterocycles. The van der Waals surface area contributed by atoms with Gasteiger partial charge in [0.1, 0.15) is 0 Å². The van der Waals surface area contributed by atoms with Crippen LogP contribution in [-0.4, -0.2) is 5.48 Å². The molecule has 4 heteroatoms. The van der Waals surface area contributed by atoms with E-state index < -0.39 is 0 Å². The van der Waals surface area contributed by atoms with E-state index in [0.717, 1.165) is 0 Å². The average Bonchev–Trinajstić information content (AvgIpc) is 0. The van der Waals surface area contributed by atoms with Crippen LogP contribution in [0.5, 0.6) is 0 Å². The standard InChI is InChI=1S/2Cr.Ni.H2O/h;;;1H2. The molecule has 0 bridgehead atoms. The number of hydrogen-bond acceptors (Lipinski definition) is 0. The van der Waals surface area contributed by atoms with Crippen LogP contribution in [0.2, 0.25) is 0 Å². The van der Waals surface area contributed by atoms with Crippen LogP contribution < -0.4 is 0 Å². The molecule has 0 aliphatic heterocycles. The molecule has 0 aliphatic rings. The molecule has 2 N–H and O–H groups in total. The van der Waals surface area contributed by atoms with Gasteiger partial charge in [0.25, 0.3) is 0 Å². The SMILES string of the molecule is O.[Cr].[Cr].[Ni]. The van der Waals surface area contributed by atoms with Gasteiger partial charge in [0, 0.05) is 51.2 Å². The van der Waals surface area contributed by atoms with Gasteiger partial charge >= 0.3 is 0 Å². The number of hydrogen-bond donors (Lipinski definition) is 0. The van der Waals surface area contributed by atoms with Crippen LogP contribution in [0.25, 0.3) is 0 Å². The van der Waals surface area contributed by atoms with Crippen LogP contribution >= 0.6 is 0 Å². The van der Waals surface area contributed by atoms with Crippen molar-refractivity contribution in [2.75, 3.05) is 0 Å². The summed E-state index contributed by atoms with van der Waals surface area (Å²) < 4.78 is 0. The fraction of sp³-hybridized carbons (Fsp3) is 0. The van der Waals surface area contributed by atoms with Gasteiger partial charge in [-0.3, -0.25) is 0 Å². The molecule has 0 atom stereocenters. The molecular weight excluding hydrogens is 179 g/mol. The largest absolute Gasteiger partial charge is 0.412 e. The van der Waals surface area contributed by atoms with Crippen LogP contribution in [-0.2, 0) is 51.2 Å². The Labute approximate surface area is 56.6 Å². The van der Waals surface area contributed by atoms with Crippen LogP contribution in [0, 0.1) is 0 Å². The quantitative estimate of drug-likeness (QED) is 0.436. The van der Waals surface area contributed by atoms with Gasteiger partial charge in [-0.15, -0.1) is 0 Å². The zero-order valence-corrected chi connectivity index (χ0v) is 5.17. The van der Waals surface area contributed by atoms with Gasteiger partial charge in [-0.25, -0.2) is 0 Å². The molecule has 4 heavy (non-hydrogen) atoms. The molecular formula is H2Cr2NiO. The van der Waals surface area contributed by atoms with E-state index in [1.807, 2.05) is 0 Å². The van der Waals surface area contributed by atoms with E-state index in [9.17, 15) is 0 Å². The summed E-state index contributed by atoms with van der Waals surface area (Å²) in [5.74, 6) is 0. The van der Waals surface area contributed by atoms with E-state index in [2.05, 4.69) is 0 Å². The van der Waals surface area contributed by atoms with Gasteiger partial charge in [-0.2, -0.15) is 0 Å². The molecule has 0 saturated carbocycles. The maximum atomic E-state index is 0. The normalized spacial score (nSPS) is 0. The Morgan fingerprint density at radius 2 is 0.750 bits per heavy atom. The first-order valence-electron chi connectivity index (χ1n) is 0. The average molecular weight is 181 g/mol. The number of rotatable bonds is 0. The molecule has 0 amide bonds. The van der Waals surface area contributed by atoms with Gasteiger partial charge in [-0.05, 0) is 0 Å². The van der Waals surface area contributed by atoms with Crippen molar-refractivity contribution in [1.82, 2.24) is 0 Å². The van der Waals surface area contributed by atoms with Gasteiger partial charge in [0.15, 0.2) is 0 Å². The molecule has 0 aliphatic carbocycles. The van der Waals surface area contributed by atoms with E-state index in [0.29, 0.717) is 0 Å². The summed E-state index contributed by atoms with van der Waals surface area (Å²) in [5.41, 5.74) is 0. The third kappa shape index (κ3) is 9.68. The third-order valence-electron chi connectivity index (χ3n) is 0. The van der Waals surface area contributed by atoms with Crippen LogP contribution in [0.4, 0.5) is 0 Å². The fourth-order valence-electron chi connectivity index (χ4n) is 0. The fourth-order valence-corrected chi connectivity index (χ4v) is 0. The van der Waals surface area contributed by atoms with E-state index >= 15 is 0 Å². The van der Waals surface area contributed by atoms with Crippen molar-refractivity contribution in [2.45, 2.75) is 0 Å². The Morgan fingerprint density at radius 3 is 0.750 bits per heavy atom. The summed E-state index contributed by atoms with van der Waals surface area (Å²) in [5, 5.41) is 0. The van der Waals surface area contributed by atoms with Crippen LogP contribution in [0.15, 0.2) is 0 Å². The Kier molecular flexibility index (Phi) is 296. The van der Waals surface area contributed by atoms with Crippen molar-refractivity contribution < 1.29 is 56.7 Å². The Balaban J connectivity index is 0. The Hall–Kier alpha value is 1.52. The van der Waals surface area contributed by atoms with Gasteiger partial charge in [-0.1, -0.05) is 0 Å². The van der Waals surface area contributed by atoms with Crippen molar-refractivity contribution in [2.24, 2.45) is 0 Å². The topological polar surface area (TPSA) is 31.5 Å². The molecule has 0 saturated heterocycles. The van der Waals surface area contributed by atoms with Gasteiger partial charge in [0.2, 0.25) is 0 Å². The molecule has 0 radical (unpaired) electrons. The first-order chi connectivity index (χ1) is 0. The molecule has 0 aromatic carbocycles. The van der Waals surface area contributed by atoms with Crippen molar-refractivity contribution in [3.63, 3.8) is 0 Å². The summed E-state index contributed by atoms with van der Waals surface area (Å²) in [4.78, 5) is 0. The van der Waals surface area contributed by atoms with Crippen molar-refractivity contribution in [3.8, 4) is 0 Å². The molecule has 0 rings (SSSR count). The second-order valence-corrected chi connectivity index (χ2v) is 0. The van der Waals surface area contributed by atoms with Crippen molar-refractivity contribution >= 4 is 0 Å². The summed E-state index contributed by atoms with van der Waals surface area (Å²) in [7, 11) is 0. The van der Waals surface area contributed by atoms with Crippen molar-refractivity contribution in [3.05, 3.63) is 0 Å². The molecule has 0 aromatic rings. The zero-order valence-electron chi connectivity index (χ0n) is 1.63. The first-order valence-corrected chi connectivity index (χ1v) is 0. The summed E-state index contributed by atoms with van der Waals surface area (Å²) in [6.07, 6.45) is 0. The predicted molar refractivity (Wildman–Crippen MR) is 3.61 cm³/mol. The molecule has 0 fully saturated rings. The first kappa shape index (κ1) is 48.9. The maximum Gasteiger partial charge on any atom is 0 e. The maximum absolute atomic E-state index is 0. The van der Waals surface area contributed by atoms with E-state index in [1.54, 1.807) is 0 Å². The minimum atomic E-state index is 0. The minimum absolute atomic E-state index is 0. The predicted octanol–water partition coefficient (Wildman–Crippen LogP) is -0.832. The Bertz CT molecular complexity index is 6.00. The van der Waals surface area contributed by atoms with E-state index in [1.165, 1.54) is 0 Å². The van der Waals surface area contributed by atoms with Crippen LogP contribution in [0.3, 0.4) is 0 Å². The monoisotopic (exact) mass is 180 g/mol. The van der Waals surface area contributed by atoms with E-state index in [-0.39, 0.29) is 56.7 Å². The molecule has 0 spiro atoms. The van der Waals surface area contributed by atoms with Crippen molar-refractivity contribution in [1.29, 1.82) is 0 Å².